The first-order valence-corrected chi connectivity index (χ1v) is 16.6. The summed E-state index contributed by atoms with van der Waals surface area (Å²) in [7, 11) is 4.15. The number of ether oxygens (including phenoxy) is 6. The van der Waals surface area contributed by atoms with Crippen molar-refractivity contribution in [1.82, 2.24) is 0 Å². The van der Waals surface area contributed by atoms with Crippen LogP contribution in [0.5, 0.6) is 0 Å². The van der Waals surface area contributed by atoms with Gasteiger partial charge in [0.15, 0.2) is 0 Å². The molecule has 0 aliphatic heterocycles. The van der Waals surface area contributed by atoms with Gasteiger partial charge in [-0.15, -0.1) is 0 Å². The quantitative estimate of drug-likeness (QED) is 0.0926. The van der Waals surface area contributed by atoms with Gasteiger partial charge in [-0.1, -0.05) is 13.2 Å². The van der Waals surface area contributed by atoms with E-state index >= 15 is 0 Å². The second-order valence-corrected chi connectivity index (χ2v) is 12.7. The highest BCUT2D eigenvalue weighted by atomic mass is 28.4. The molecule has 0 heterocycles. The van der Waals surface area contributed by atoms with Crippen molar-refractivity contribution in [2.24, 2.45) is 0 Å². The van der Waals surface area contributed by atoms with Crippen LogP contribution in [0.2, 0.25) is 0 Å². The van der Waals surface area contributed by atoms with E-state index in [0.29, 0.717) is 79.3 Å². The summed E-state index contributed by atoms with van der Waals surface area (Å²) in [6.07, 6.45) is 2.38. The van der Waals surface area contributed by atoms with Gasteiger partial charge in [-0.05, 0) is 30.7 Å². The van der Waals surface area contributed by atoms with Crippen LogP contribution in [-0.2, 0) is 55.0 Å². The predicted molar refractivity (Wildman–Crippen MR) is 153 cm³/mol. The van der Waals surface area contributed by atoms with E-state index in [0.717, 1.165) is 19.3 Å². The first-order chi connectivity index (χ1) is 19.0. The SMILES string of the molecule is C=C[Si](OCCCOC)(OCCCOC)OCCCOC.C=C[Si](OCCOC)(OCCOC)OCCOC. The minimum atomic E-state index is -2.86. The molecule has 0 unspecified atom stereocenters. The molecule has 0 aromatic carbocycles. The third-order valence-corrected chi connectivity index (χ3v) is 9.30. The standard InChI is InChI=1S/C14H30O6Si.C11H24O6Si/c1-5-21(18-12-6-9-15-2,19-13-7-10-16-3)20-14-8-11-17-4;1-5-18(15-9-6-12-2,16-10-7-13-3)17-11-8-14-4/h5H,1,6-14H2,2-4H3;5H,1,6-11H2,2-4H3. The highest BCUT2D eigenvalue weighted by molar-refractivity contribution is 6.66. The number of hydrogen-bond donors (Lipinski definition) is 0. The lowest BCUT2D eigenvalue weighted by Crippen LogP contribution is -2.46. The van der Waals surface area contributed by atoms with Crippen molar-refractivity contribution in [3.8, 4) is 0 Å². The first kappa shape index (κ1) is 40.6. The summed E-state index contributed by atoms with van der Waals surface area (Å²) in [6, 6.07) is 0. The minimum Gasteiger partial charge on any atom is -0.385 e. The van der Waals surface area contributed by atoms with E-state index in [1.807, 2.05) is 0 Å². The molecule has 0 amide bonds. The smallest absolute Gasteiger partial charge is 0.385 e. The van der Waals surface area contributed by atoms with Crippen molar-refractivity contribution in [1.29, 1.82) is 0 Å². The maximum Gasteiger partial charge on any atom is 0.529 e. The monoisotopic (exact) mass is 602 g/mol. The molecule has 0 N–H and O–H groups in total. The predicted octanol–water partition coefficient (Wildman–Crippen LogP) is 2.45. The maximum absolute atomic E-state index is 5.86. The van der Waals surface area contributed by atoms with E-state index in [1.54, 1.807) is 54.1 Å². The molecule has 0 atom stereocenters. The van der Waals surface area contributed by atoms with Crippen molar-refractivity contribution in [2.75, 3.05) is 122 Å². The Morgan fingerprint density at radius 3 is 0.795 bits per heavy atom. The Morgan fingerprint density at radius 2 is 0.590 bits per heavy atom. The molecule has 12 nitrogen and oxygen atoms in total. The molecule has 0 aromatic heterocycles. The molecule has 0 saturated heterocycles. The summed E-state index contributed by atoms with van der Waals surface area (Å²) < 4.78 is 64.4. The van der Waals surface area contributed by atoms with Crippen LogP contribution in [-0.4, -0.2) is 140 Å². The van der Waals surface area contributed by atoms with Gasteiger partial charge >= 0.3 is 17.6 Å². The molecule has 0 bridgehead atoms. The average molecular weight is 603 g/mol. The zero-order valence-electron chi connectivity index (χ0n) is 25.1. The molecule has 0 aliphatic rings. The minimum absolute atomic E-state index is 0.398. The van der Waals surface area contributed by atoms with E-state index in [2.05, 4.69) is 13.2 Å². The Labute approximate surface area is 238 Å². The molecule has 0 radical (unpaired) electrons. The molecule has 39 heavy (non-hydrogen) atoms. The largest absolute Gasteiger partial charge is 0.529 e. The third kappa shape index (κ3) is 23.8. The Hall–Kier alpha value is -0.566. The van der Waals surface area contributed by atoms with Crippen LogP contribution in [0.4, 0.5) is 0 Å². The molecular weight excluding hydrogens is 548 g/mol. The van der Waals surface area contributed by atoms with Crippen LogP contribution >= 0.6 is 0 Å². The van der Waals surface area contributed by atoms with Crippen LogP contribution < -0.4 is 0 Å². The number of rotatable bonds is 29. The molecule has 0 aromatic rings. The Morgan fingerprint density at radius 1 is 0.359 bits per heavy atom. The van der Waals surface area contributed by atoms with Crippen molar-refractivity contribution in [3.63, 3.8) is 0 Å². The van der Waals surface area contributed by atoms with Crippen LogP contribution in [0.25, 0.3) is 0 Å². The van der Waals surface area contributed by atoms with Gasteiger partial charge in [0, 0.05) is 82.3 Å². The van der Waals surface area contributed by atoms with Crippen molar-refractivity contribution in [2.45, 2.75) is 19.3 Å². The number of methoxy groups -OCH3 is 6. The summed E-state index contributed by atoms with van der Waals surface area (Å²) >= 11 is 0. The topological polar surface area (TPSA) is 111 Å². The van der Waals surface area contributed by atoms with E-state index in [4.69, 9.17) is 55.0 Å². The van der Waals surface area contributed by atoms with Gasteiger partial charge < -0.3 is 55.0 Å². The van der Waals surface area contributed by atoms with E-state index in [1.165, 1.54) is 0 Å². The maximum atomic E-state index is 5.86. The molecule has 0 saturated carbocycles. The molecule has 0 rings (SSSR count). The highest BCUT2D eigenvalue weighted by Crippen LogP contribution is 2.13. The fourth-order valence-electron chi connectivity index (χ4n) is 2.66. The Bertz CT molecular complexity index is 473. The van der Waals surface area contributed by atoms with Gasteiger partial charge in [0.2, 0.25) is 0 Å². The summed E-state index contributed by atoms with van der Waals surface area (Å²) in [5.74, 6) is 0. The summed E-state index contributed by atoms with van der Waals surface area (Å²) in [6.45, 7) is 13.7. The molecule has 0 fully saturated rings. The lowest BCUT2D eigenvalue weighted by atomic mass is 10.5. The van der Waals surface area contributed by atoms with Crippen molar-refractivity contribution in [3.05, 3.63) is 24.6 Å². The molecular formula is C25H54O12Si2. The van der Waals surface area contributed by atoms with Crippen LogP contribution in [0.3, 0.4) is 0 Å². The summed E-state index contributed by atoms with van der Waals surface area (Å²) in [5, 5.41) is 0. The molecule has 0 aliphatic carbocycles. The fourth-order valence-corrected chi connectivity index (χ4v) is 6.26. The van der Waals surface area contributed by atoms with Gasteiger partial charge in [0.1, 0.15) is 0 Å². The molecule has 0 spiro atoms. The van der Waals surface area contributed by atoms with E-state index < -0.39 is 17.6 Å². The lowest BCUT2D eigenvalue weighted by Gasteiger charge is -2.26. The Kier molecular flexibility index (Phi) is 31.6. The summed E-state index contributed by atoms with van der Waals surface area (Å²) in [5.41, 5.74) is 3.29. The second kappa shape index (κ2) is 30.4. The second-order valence-electron chi connectivity index (χ2n) is 7.72. The molecule has 14 heteroatoms. The van der Waals surface area contributed by atoms with E-state index in [9.17, 15) is 0 Å². The van der Waals surface area contributed by atoms with Gasteiger partial charge in [-0.2, -0.15) is 0 Å². The third-order valence-electron chi connectivity index (χ3n) is 4.66. The van der Waals surface area contributed by atoms with Gasteiger partial charge in [-0.3, -0.25) is 0 Å². The Balaban J connectivity index is 0. The van der Waals surface area contributed by atoms with Crippen molar-refractivity contribution < 1.29 is 55.0 Å². The van der Waals surface area contributed by atoms with E-state index in [-0.39, 0.29) is 0 Å². The summed E-state index contributed by atoms with van der Waals surface area (Å²) in [4.78, 5) is 0. The normalized spacial score (nSPS) is 11.7. The molecule has 234 valence electrons. The average Bonchev–Trinajstić information content (AvgIpc) is 2.96. The zero-order chi connectivity index (χ0) is 29.5. The van der Waals surface area contributed by atoms with Gasteiger partial charge in [0.25, 0.3) is 0 Å². The van der Waals surface area contributed by atoms with Crippen molar-refractivity contribution >= 4 is 17.6 Å². The fraction of sp³-hybridized carbons (Fsp3) is 0.840. The highest BCUT2D eigenvalue weighted by Gasteiger charge is 2.38. The first-order valence-electron chi connectivity index (χ1n) is 13.0. The van der Waals surface area contributed by atoms with Gasteiger partial charge in [-0.25, -0.2) is 0 Å². The number of hydrogen-bond acceptors (Lipinski definition) is 12. The van der Waals surface area contributed by atoms with Gasteiger partial charge in [0.05, 0.1) is 39.6 Å². The lowest BCUT2D eigenvalue weighted by molar-refractivity contribution is 0.0232. The van der Waals surface area contributed by atoms with Crippen LogP contribution in [0.15, 0.2) is 24.6 Å². The van der Waals surface area contributed by atoms with Crippen LogP contribution in [0, 0.1) is 0 Å². The zero-order valence-corrected chi connectivity index (χ0v) is 27.1. The van der Waals surface area contributed by atoms with Crippen LogP contribution in [0.1, 0.15) is 19.3 Å².